The van der Waals surface area contributed by atoms with E-state index in [0.717, 1.165) is 61.7 Å². The van der Waals surface area contributed by atoms with Crippen LogP contribution in [0.4, 0.5) is 10.2 Å². The molecule has 192 valence electrons. The van der Waals surface area contributed by atoms with Gasteiger partial charge in [0.05, 0.1) is 12.7 Å². The molecule has 0 saturated carbocycles. The van der Waals surface area contributed by atoms with Crippen LogP contribution in [0.3, 0.4) is 0 Å². The van der Waals surface area contributed by atoms with E-state index in [4.69, 9.17) is 14.7 Å². The van der Waals surface area contributed by atoms with Crippen LogP contribution in [0.1, 0.15) is 36.6 Å². The number of β-amino-alcohol motifs (C(OH)–C–C–N with tert-alkyl or cyclic N) is 1. The van der Waals surface area contributed by atoms with E-state index < -0.39 is 6.10 Å². The van der Waals surface area contributed by atoms with Crippen molar-refractivity contribution in [1.29, 1.82) is 0 Å². The number of piperazine rings is 1. The minimum Gasteiger partial charge on any atom is -0.389 e. The second kappa shape index (κ2) is 12.9. The maximum atomic E-state index is 14.5. The summed E-state index contributed by atoms with van der Waals surface area (Å²) in [5, 5.41) is 10.4. The van der Waals surface area contributed by atoms with Gasteiger partial charge in [-0.3, -0.25) is 4.90 Å². The molecular weight excluding hydrogens is 455 g/mol. The molecule has 4 rings (SSSR count). The number of aliphatic hydroxyl groups excluding tert-OH is 1. The van der Waals surface area contributed by atoms with Gasteiger partial charge in [-0.2, -0.15) is 0 Å². The first-order chi connectivity index (χ1) is 17.5. The summed E-state index contributed by atoms with van der Waals surface area (Å²) in [5.41, 5.74) is 3.42. The fourth-order valence-electron chi connectivity index (χ4n) is 4.56. The molecule has 0 spiro atoms. The number of unbranched alkanes of at least 4 members (excludes halogenated alkanes) is 1. The van der Waals surface area contributed by atoms with Crippen molar-refractivity contribution >= 4 is 5.82 Å². The molecule has 3 aromatic rings. The maximum Gasteiger partial charge on any atom is 0.161 e. The summed E-state index contributed by atoms with van der Waals surface area (Å²) in [5.74, 6) is 1.34. The molecular formula is C29H37FN4O2. The zero-order valence-corrected chi connectivity index (χ0v) is 21.4. The summed E-state index contributed by atoms with van der Waals surface area (Å²) in [4.78, 5) is 14.4. The summed E-state index contributed by atoms with van der Waals surface area (Å²) in [6, 6.07) is 16.9. The Labute approximate surface area is 213 Å². The van der Waals surface area contributed by atoms with E-state index in [2.05, 4.69) is 16.7 Å². The predicted molar refractivity (Wildman–Crippen MR) is 142 cm³/mol. The van der Waals surface area contributed by atoms with Gasteiger partial charge in [0.2, 0.25) is 0 Å². The summed E-state index contributed by atoms with van der Waals surface area (Å²) in [6.45, 7) is 8.96. The van der Waals surface area contributed by atoms with E-state index in [1.54, 1.807) is 6.07 Å². The molecule has 1 fully saturated rings. The van der Waals surface area contributed by atoms with Gasteiger partial charge in [0.15, 0.2) is 5.82 Å². The van der Waals surface area contributed by atoms with Gasteiger partial charge in [-0.25, -0.2) is 14.4 Å². The molecule has 6 nitrogen and oxygen atoms in total. The van der Waals surface area contributed by atoms with Crippen LogP contribution in [0.5, 0.6) is 0 Å². The number of benzene rings is 2. The molecule has 1 saturated heterocycles. The second-order valence-electron chi connectivity index (χ2n) is 9.44. The van der Waals surface area contributed by atoms with Crippen molar-refractivity contribution in [2.24, 2.45) is 0 Å². The number of aliphatic hydroxyl groups is 1. The fraction of sp³-hybridized carbons (Fsp3) is 0.448. The third-order valence-electron chi connectivity index (χ3n) is 6.64. The van der Waals surface area contributed by atoms with Crippen molar-refractivity contribution in [3.8, 4) is 11.4 Å². The number of anilines is 1. The van der Waals surface area contributed by atoms with Gasteiger partial charge < -0.3 is 14.7 Å². The number of nitrogens with zero attached hydrogens (tertiary/aromatic N) is 4. The van der Waals surface area contributed by atoms with Crippen molar-refractivity contribution in [2.45, 2.75) is 39.2 Å². The molecule has 2 aromatic carbocycles. The standard InChI is InChI=1S/C29H37FN4O2/c1-3-4-18-36-21-25(35)20-33-14-16-34(17-15-33)29-26(19-24-12-8-9-13-27(24)30)22(2)31-28(32-29)23-10-6-5-7-11-23/h5-13,25,35H,3-4,14-21H2,1-2H3. The van der Waals surface area contributed by atoms with Crippen LogP contribution >= 0.6 is 0 Å². The molecule has 1 aliphatic rings. The highest BCUT2D eigenvalue weighted by Gasteiger charge is 2.24. The van der Waals surface area contributed by atoms with Gasteiger partial charge in [0.1, 0.15) is 11.6 Å². The predicted octanol–water partition coefficient (Wildman–Crippen LogP) is 4.48. The van der Waals surface area contributed by atoms with E-state index in [0.29, 0.717) is 37.6 Å². The lowest BCUT2D eigenvalue weighted by Gasteiger charge is -2.37. The highest BCUT2D eigenvalue weighted by Crippen LogP contribution is 2.29. The number of rotatable bonds is 11. The zero-order valence-electron chi connectivity index (χ0n) is 21.4. The van der Waals surface area contributed by atoms with Gasteiger partial charge in [-0.05, 0) is 25.0 Å². The Morgan fingerprint density at radius 1 is 1.00 bits per heavy atom. The first-order valence-electron chi connectivity index (χ1n) is 12.9. The number of hydrogen-bond acceptors (Lipinski definition) is 6. The lowest BCUT2D eigenvalue weighted by molar-refractivity contribution is 0.0150. The van der Waals surface area contributed by atoms with Crippen LogP contribution in [0.25, 0.3) is 11.4 Å². The highest BCUT2D eigenvalue weighted by atomic mass is 19.1. The van der Waals surface area contributed by atoms with Gasteiger partial charge in [0.25, 0.3) is 0 Å². The van der Waals surface area contributed by atoms with Crippen molar-refractivity contribution in [2.75, 3.05) is 50.8 Å². The smallest absolute Gasteiger partial charge is 0.161 e. The fourth-order valence-corrected chi connectivity index (χ4v) is 4.56. The van der Waals surface area contributed by atoms with Crippen molar-refractivity contribution in [3.63, 3.8) is 0 Å². The maximum absolute atomic E-state index is 14.5. The Kier molecular flexibility index (Phi) is 9.39. The van der Waals surface area contributed by atoms with Gasteiger partial charge >= 0.3 is 0 Å². The van der Waals surface area contributed by atoms with Crippen LogP contribution in [0, 0.1) is 12.7 Å². The minimum atomic E-state index is -0.490. The Hall–Kier alpha value is -2.87. The summed E-state index contributed by atoms with van der Waals surface area (Å²) in [7, 11) is 0. The van der Waals surface area contributed by atoms with E-state index >= 15 is 0 Å². The molecule has 2 heterocycles. The Bertz CT molecular complexity index is 1100. The summed E-state index contributed by atoms with van der Waals surface area (Å²) < 4.78 is 20.1. The molecule has 7 heteroatoms. The van der Waals surface area contributed by atoms with E-state index in [-0.39, 0.29) is 5.82 Å². The lowest BCUT2D eigenvalue weighted by atomic mass is 10.0. The quantitative estimate of drug-likeness (QED) is 0.398. The molecule has 36 heavy (non-hydrogen) atoms. The highest BCUT2D eigenvalue weighted by molar-refractivity contribution is 5.61. The molecule has 1 aliphatic heterocycles. The van der Waals surface area contributed by atoms with Crippen LogP contribution in [0.2, 0.25) is 0 Å². The first-order valence-corrected chi connectivity index (χ1v) is 12.9. The molecule has 1 aromatic heterocycles. The average Bonchev–Trinajstić information content (AvgIpc) is 2.90. The van der Waals surface area contributed by atoms with E-state index in [1.165, 1.54) is 6.07 Å². The van der Waals surface area contributed by atoms with Crippen LogP contribution < -0.4 is 4.90 Å². The molecule has 0 aliphatic carbocycles. The van der Waals surface area contributed by atoms with Gasteiger partial charge in [-0.1, -0.05) is 61.9 Å². The summed E-state index contributed by atoms with van der Waals surface area (Å²) in [6.07, 6.45) is 2.06. The average molecular weight is 493 g/mol. The Morgan fingerprint density at radius 2 is 1.72 bits per heavy atom. The normalized spacial score (nSPS) is 15.3. The van der Waals surface area contributed by atoms with Crippen LogP contribution in [0.15, 0.2) is 54.6 Å². The third-order valence-corrected chi connectivity index (χ3v) is 6.64. The SMILES string of the molecule is CCCCOCC(O)CN1CCN(c2nc(-c3ccccc3)nc(C)c2Cc2ccccc2F)CC1. The van der Waals surface area contributed by atoms with Crippen molar-refractivity contribution in [3.05, 3.63) is 77.2 Å². The molecule has 0 bridgehead atoms. The molecule has 1 unspecified atom stereocenters. The molecule has 1 N–H and O–H groups in total. The van der Waals surface area contributed by atoms with Gasteiger partial charge in [-0.15, -0.1) is 0 Å². The number of ether oxygens (including phenoxy) is 1. The van der Waals surface area contributed by atoms with E-state index in [9.17, 15) is 9.50 Å². The van der Waals surface area contributed by atoms with Crippen LogP contribution in [-0.2, 0) is 11.2 Å². The number of aryl methyl sites for hydroxylation is 1. The third kappa shape index (κ3) is 6.87. The first kappa shape index (κ1) is 26.2. The number of halogens is 1. The largest absolute Gasteiger partial charge is 0.389 e. The van der Waals surface area contributed by atoms with Crippen molar-refractivity contribution < 1.29 is 14.2 Å². The second-order valence-corrected chi connectivity index (χ2v) is 9.44. The zero-order chi connectivity index (χ0) is 25.3. The van der Waals surface area contributed by atoms with Crippen LogP contribution in [-0.4, -0.2) is 72.0 Å². The molecule has 0 radical (unpaired) electrons. The van der Waals surface area contributed by atoms with Gasteiger partial charge in [0, 0.05) is 62.6 Å². The number of hydrogen-bond donors (Lipinski definition) is 1. The monoisotopic (exact) mass is 492 g/mol. The molecule has 1 atom stereocenters. The Morgan fingerprint density at radius 3 is 2.44 bits per heavy atom. The Balaban J connectivity index is 1.51. The molecule has 0 amide bonds. The van der Waals surface area contributed by atoms with E-state index in [1.807, 2.05) is 49.4 Å². The number of aromatic nitrogens is 2. The minimum absolute atomic E-state index is 0.213. The topological polar surface area (TPSA) is 61.7 Å². The van der Waals surface area contributed by atoms with Crippen molar-refractivity contribution in [1.82, 2.24) is 14.9 Å². The summed E-state index contributed by atoms with van der Waals surface area (Å²) >= 11 is 0. The lowest BCUT2D eigenvalue weighted by Crippen LogP contribution is -2.49.